The molecule has 1 aromatic heterocycles. The Hall–Kier alpha value is -5.51. The molecule has 0 saturated carbocycles. The third-order valence-corrected chi connectivity index (χ3v) is 7.37. The molecule has 218 valence electrons. The predicted octanol–water partition coefficient (Wildman–Crippen LogP) is 4.86. The molecule has 0 saturated heterocycles. The lowest BCUT2D eigenvalue weighted by Gasteiger charge is -2.34. The predicted molar refractivity (Wildman–Crippen MR) is 165 cm³/mol. The Bertz CT molecular complexity index is 1720. The number of hydrogen-bond acceptors (Lipinski definition) is 10. The number of hydrazone groups is 1. The lowest BCUT2D eigenvalue weighted by Crippen LogP contribution is -2.33. The minimum atomic E-state index is -0.466. The molecule has 5 rings (SSSR count). The largest absolute Gasteiger partial charge is 0.493 e. The number of allylic oxidation sites excluding steroid dienone is 1. The highest BCUT2D eigenvalue weighted by molar-refractivity contribution is 6.07. The first-order valence-electron chi connectivity index (χ1n) is 13.7. The third-order valence-electron chi connectivity index (χ3n) is 7.37. The molecule has 2 unspecified atom stereocenters. The van der Waals surface area contributed by atoms with E-state index in [0.29, 0.717) is 29.0 Å². The minimum absolute atomic E-state index is 0.0211. The number of anilines is 2. The Balaban J connectivity index is 1.48. The van der Waals surface area contributed by atoms with E-state index in [1.165, 1.54) is 20.3 Å². The van der Waals surface area contributed by atoms with Crippen molar-refractivity contribution in [1.29, 1.82) is 0 Å². The van der Waals surface area contributed by atoms with Crippen molar-refractivity contribution in [2.24, 2.45) is 11.0 Å². The van der Waals surface area contributed by atoms with Gasteiger partial charge in [0.1, 0.15) is 5.82 Å². The van der Waals surface area contributed by atoms with Crippen LogP contribution in [0.2, 0.25) is 0 Å². The molecule has 0 aliphatic carbocycles. The van der Waals surface area contributed by atoms with Crippen molar-refractivity contribution in [2.75, 3.05) is 25.7 Å². The van der Waals surface area contributed by atoms with Gasteiger partial charge in [-0.1, -0.05) is 61.5 Å². The molecule has 0 bridgehead atoms. The number of hydrogen-bond donors (Lipinski definition) is 2. The van der Waals surface area contributed by atoms with Gasteiger partial charge in [-0.05, 0) is 28.8 Å². The molecule has 0 radical (unpaired) electrons. The molecule has 2 atom stereocenters. The van der Waals surface area contributed by atoms with Gasteiger partial charge in [0, 0.05) is 41.9 Å². The summed E-state index contributed by atoms with van der Waals surface area (Å²) in [4.78, 5) is 35.3. The van der Waals surface area contributed by atoms with Gasteiger partial charge >= 0.3 is 0 Å². The van der Waals surface area contributed by atoms with E-state index in [9.17, 15) is 9.59 Å². The second-order valence-electron chi connectivity index (χ2n) is 10.1. The summed E-state index contributed by atoms with van der Waals surface area (Å²) in [7, 11) is 2.98. The normalized spacial score (nSPS) is 14.8. The van der Waals surface area contributed by atoms with Gasteiger partial charge in [-0.25, -0.2) is 4.98 Å². The molecule has 2 heterocycles. The zero-order chi connectivity index (χ0) is 30.5. The highest BCUT2D eigenvalue weighted by Crippen LogP contribution is 2.37. The Morgan fingerprint density at radius 3 is 2.49 bits per heavy atom. The highest BCUT2D eigenvalue weighted by atomic mass is 16.5. The number of fused-ring (bicyclic) bond motifs is 1. The van der Waals surface area contributed by atoms with Gasteiger partial charge in [-0.3, -0.25) is 14.6 Å². The molecule has 4 N–H and O–H groups in total. The Labute approximate surface area is 249 Å². The average Bonchev–Trinajstić information content (AvgIpc) is 3.03. The summed E-state index contributed by atoms with van der Waals surface area (Å²) in [5.41, 5.74) is 15.8. The Kier molecular flexibility index (Phi) is 8.47. The number of ether oxygens (including phenoxy) is 2. The van der Waals surface area contributed by atoms with Gasteiger partial charge in [0.05, 0.1) is 32.0 Å². The van der Waals surface area contributed by atoms with E-state index in [4.69, 9.17) is 20.9 Å². The fraction of sp³-hybridized carbons (Fsp3) is 0.182. The second-order valence-corrected chi connectivity index (χ2v) is 10.1. The van der Waals surface area contributed by atoms with Gasteiger partial charge < -0.3 is 20.9 Å². The Morgan fingerprint density at radius 2 is 1.77 bits per heavy atom. The van der Waals surface area contributed by atoms with Crippen LogP contribution in [0.15, 0.2) is 90.3 Å². The van der Waals surface area contributed by atoms with E-state index in [2.05, 4.69) is 15.1 Å². The molecule has 0 spiro atoms. The molecular weight excluding hydrogens is 544 g/mol. The number of methoxy groups -OCH3 is 2. The molecule has 4 aromatic rings. The maximum Gasteiger partial charge on any atom is 0.221 e. The van der Waals surface area contributed by atoms with Crippen LogP contribution < -0.4 is 20.9 Å². The molecule has 10 heteroatoms. The Morgan fingerprint density at radius 1 is 1.02 bits per heavy atom. The molecule has 0 amide bonds. The van der Waals surface area contributed by atoms with Crippen molar-refractivity contribution in [1.82, 2.24) is 15.0 Å². The van der Waals surface area contributed by atoms with Gasteiger partial charge in [-0.15, -0.1) is 0 Å². The zero-order valence-electron chi connectivity index (χ0n) is 24.1. The van der Waals surface area contributed by atoms with Crippen molar-refractivity contribution in [3.8, 4) is 11.5 Å². The first-order valence-corrected chi connectivity index (χ1v) is 13.7. The van der Waals surface area contributed by atoms with E-state index in [0.717, 1.165) is 16.7 Å². The fourth-order valence-corrected chi connectivity index (χ4v) is 5.21. The zero-order valence-corrected chi connectivity index (χ0v) is 24.1. The number of rotatable bonds is 10. The minimum Gasteiger partial charge on any atom is -0.493 e. The van der Waals surface area contributed by atoms with Crippen molar-refractivity contribution < 1.29 is 19.1 Å². The molecular formula is C33H32N6O4. The smallest absolute Gasteiger partial charge is 0.221 e. The first kappa shape index (κ1) is 29.0. The first-order chi connectivity index (χ1) is 20.8. The molecule has 43 heavy (non-hydrogen) atoms. The van der Waals surface area contributed by atoms with Crippen LogP contribution in [0.3, 0.4) is 0 Å². The van der Waals surface area contributed by atoms with Gasteiger partial charge in [-0.2, -0.15) is 10.1 Å². The molecule has 1 aliphatic heterocycles. The van der Waals surface area contributed by atoms with Crippen LogP contribution in [-0.2, 0) is 6.42 Å². The molecule has 0 fully saturated rings. The van der Waals surface area contributed by atoms with Gasteiger partial charge in [0.25, 0.3) is 0 Å². The summed E-state index contributed by atoms with van der Waals surface area (Å²) in [5, 5.41) is 6.26. The molecule has 1 aliphatic rings. The number of nitrogens with two attached hydrogens (primary N) is 2. The van der Waals surface area contributed by atoms with Crippen molar-refractivity contribution in [3.63, 3.8) is 0 Å². The quantitative estimate of drug-likeness (QED) is 0.200. The van der Waals surface area contributed by atoms with Crippen molar-refractivity contribution >= 4 is 29.5 Å². The van der Waals surface area contributed by atoms with Crippen LogP contribution in [0.4, 0.5) is 11.8 Å². The van der Waals surface area contributed by atoms with Crippen LogP contribution in [0.25, 0.3) is 0 Å². The number of carbonyl (C=O) groups excluding carboxylic acids is 2. The van der Waals surface area contributed by atoms with Crippen molar-refractivity contribution in [3.05, 3.63) is 119 Å². The lowest BCUT2D eigenvalue weighted by atomic mass is 9.85. The number of nitrogens with zero attached hydrogens (tertiary/aromatic N) is 4. The molecule has 10 nitrogen and oxygen atoms in total. The monoisotopic (exact) mass is 576 g/mol. The van der Waals surface area contributed by atoms with E-state index < -0.39 is 12.0 Å². The van der Waals surface area contributed by atoms with Crippen molar-refractivity contribution in [2.45, 2.75) is 19.4 Å². The number of nitrogen functional groups attached to an aromatic ring is 2. The lowest BCUT2D eigenvalue weighted by molar-refractivity contribution is 0.0848. The highest BCUT2D eigenvalue weighted by Gasteiger charge is 2.33. The summed E-state index contributed by atoms with van der Waals surface area (Å²) >= 11 is 0. The summed E-state index contributed by atoms with van der Waals surface area (Å²) in [6, 6.07) is 20.0. The summed E-state index contributed by atoms with van der Waals surface area (Å²) in [5.74, 6) is 0.182. The summed E-state index contributed by atoms with van der Waals surface area (Å²) in [6.07, 6.45) is 6.63. The van der Waals surface area contributed by atoms with Crippen LogP contribution in [0.5, 0.6) is 11.5 Å². The number of carbonyl (C=O) groups is 2. The summed E-state index contributed by atoms with van der Waals surface area (Å²) in [6.45, 7) is 1.88. The number of ketones is 2. The van der Waals surface area contributed by atoms with E-state index >= 15 is 0 Å². The molecule has 3 aromatic carbocycles. The number of Topliss-reactive ketones (excluding diaryl/α,β-unsaturated/α-hetero) is 1. The van der Waals surface area contributed by atoms with Crippen LogP contribution in [-0.4, -0.2) is 47.0 Å². The topological polar surface area (TPSA) is 146 Å². The third kappa shape index (κ3) is 6.08. The standard InChI is InChI=1S/C33H32N6O4/c1-20(30(41)22-9-5-4-6-10-22)29-25-12-8-7-11-23(25)19-37-39(29)14-13-27(40)26-16-21(17-28(42-2)31(26)43-3)15-24-18-36-33(35)38-32(24)34/h4-14,16-20,29H,15H2,1-3H3,(H4,34,35,36,38)/b14-13+. The van der Waals surface area contributed by atoms with Crippen LogP contribution >= 0.6 is 0 Å². The SMILES string of the molecule is COc1cc(Cc2cnc(N)nc2N)cc(C(=O)/C=C/N2N=Cc3ccccc3C2C(C)C(=O)c2ccccc2)c1OC. The van der Waals surface area contributed by atoms with Gasteiger partial charge in [0.15, 0.2) is 23.1 Å². The van der Waals surface area contributed by atoms with E-state index in [1.807, 2.05) is 49.4 Å². The number of benzene rings is 3. The van der Waals surface area contributed by atoms with Crippen LogP contribution in [0.1, 0.15) is 55.9 Å². The summed E-state index contributed by atoms with van der Waals surface area (Å²) < 4.78 is 11.1. The average molecular weight is 577 g/mol. The van der Waals surface area contributed by atoms with Gasteiger partial charge in [0.2, 0.25) is 5.95 Å². The van der Waals surface area contributed by atoms with Crippen LogP contribution in [0, 0.1) is 5.92 Å². The van der Waals surface area contributed by atoms with E-state index in [-0.39, 0.29) is 28.9 Å². The van der Waals surface area contributed by atoms with E-state index in [1.54, 1.807) is 47.9 Å². The fourth-order valence-electron chi connectivity index (χ4n) is 5.21. The second kappa shape index (κ2) is 12.6. The maximum absolute atomic E-state index is 13.7. The maximum atomic E-state index is 13.7. The number of aromatic nitrogens is 2.